The van der Waals surface area contributed by atoms with Crippen LogP contribution in [0.5, 0.6) is 11.6 Å². The number of ether oxygens (including phenoxy) is 2. The molecule has 0 spiro atoms. The number of thiol groups is 1. The molecular formula is C23H35FN2O2S. The molecular weight excluding hydrogens is 387 g/mol. The Bertz CT molecular complexity index is 806. The van der Waals surface area contributed by atoms with Crippen molar-refractivity contribution in [2.45, 2.75) is 84.8 Å². The van der Waals surface area contributed by atoms with Gasteiger partial charge in [-0.3, -0.25) is 4.68 Å². The van der Waals surface area contributed by atoms with Crippen LogP contribution in [0.1, 0.15) is 73.3 Å². The maximum absolute atomic E-state index is 14.0. The standard InChI is InChI=1S/C23H35FN2O2S/c1-15(2)17-12-18(24)14-19(13-17)27-16(3)11-20(22(4,5)6)28-21-9-10-26(25-21)23(7,8)29/h9-10,12-16,20,29H,11H2,1-8H3. The molecule has 1 aromatic carbocycles. The highest BCUT2D eigenvalue weighted by Crippen LogP contribution is 2.30. The monoisotopic (exact) mass is 422 g/mol. The summed E-state index contributed by atoms with van der Waals surface area (Å²) < 4.78 is 28.0. The van der Waals surface area contributed by atoms with Gasteiger partial charge in [-0.25, -0.2) is 4.39 Å². The third kappa shape index (κ3) is 6.95. The lowest BCUT2D eigenvalue weighted by Crippen LogP contribution is -2.36. The van der Waals surface area contributed by atoms with E-state index in [2.05, 4.69) is 38.5 Å². The van der Waals surface area contributed by atoms with Crippen molar-refractivity contribution in [3.8, 4) is 11.6 Å². The van der Waals surface area contributed by atoms with Crippen molar-refractivity contribution in [1.82, 2.24) is 9.78 Å². The molecule has 4 nitrogen and oxygen atoms in total. The topological polar surface area (TPSA) is 36.3 Å². The van der Waals surface area contributed by atoms with Crippen LogP contribution in [0.4, 0.5) is 4.39 Å². The van der Waals surface area contributed by atoms with E-state index in [1.54, 1.807) is 10.7 Å². The third-order valence-electron chi connectivity index (χ3n) is 4.80. The first-order valence-corrected chi connectivity index (χ1v) is 10.6. The van der Waals surface area contributed by atoms with Gasteiger partial charge < -0.3 is 9.47 Å². The number of rotatable bonds is 8. The summed E-state index contributed by atoms with van der Waals surface area (Å²) in [6.07, 6.45) is 2.24. The predicted octanol–water partition coefficient (Wildman–Crippen LogP) is 6.42. The maximum atomic E-state index is 14.0. The molecule has 1 aromatic heterocycles. The second kappa shape index (κ2) is 8.99. The van der Waals surface area contributed by atoms with Gasteiger partial charge in [0.15, 0.2) is 0 Å². The molecule has 0 bridgehead atoms. The van der Waals surface area contributed by atoms with E-state index in [1.165, 1.54) is 6.07 Å². The van der Waals surface area contributed by atoms with Crippen molar-refractivity contribution < 1.29 is 13.9 Å². The second-order valence-corrected chi connectivity index (χ2v) is 10.7. The fraction of sp³-hybridized carbons (Fsp3) is 0.609. The van der Waals surface area contributed by atoms with Crippen molar-refractivity contribution in [3.05, 3.63) is 41.8 Å². The predicted molar refractivity (Wildman–Crippen MR) is 120 cm³/mol. The zero-order valence-corrected chi connectivity index (χ0v) is 19.8. The molecule has 1 heterocycles. The Morgan fingerprint density at radius 3 is 2.24 bits per heavy atom. The van der Waals surface area contributed by atoms with Crippen LogP contribution in [-0.2, 0) is 4.87 Å². The van der Waals surface area contributed by atoms with Gasteiger partial charge in [0.05, 0.1) is 11.0 Å². The Balaban J connectivity index is 2.11. The minimum atomic E-state index is -0.402. The molecule has 162 valence electrons. The molecule has 2 unspecified atom stereocenters. The Kier molecular flexibility index (Phi) is 7.31. The highest BCUT2D eigenvalue weighted by atomic mass is 32.1. The van der Waals surface area contributed by atoms with E-state index in [0.717, 1.165) is 5.56 Å². The number of nitrogens with zero attached hydrogens (tertiary/aromatic N) is 2. The Hall–Kier alpha value is -1.69. The van der Waals surface area contributed by atoms with Gasteiger partial charge in [-0.1, -0.05) is 34.6 Å². The molecule has 0 aliphatic rings. The minimum absolute atomic E-state index is 0.122. The van der Waals surface area contributed by atoms with Crippen LogP contribution in [-0.4, -0.2) is 22.0 Å². The molecule has 0 amide bonds. The molecule has 0 N–H and O–H groups in total. The van der Waals surface area contributed by atoms with Gasteiger partial charge in [-0.05, 0) is 49.8 Å². The molecule has 0 fully saturated rings. The molecule has 2 rings (SSSR count). The SMILES string of the molecule is CC(CC(Oc1ccn(C(C)(C)S)n1)C(C)(C)C)Oc1cc(F)cc(C(C)C)c1. The van der Waals surface area contributed by atoms with Crippen LogP contribution in [0, 0.1) is 11.2 Å². The van der Waals surface area contributed by atoms with Crippen molar-refractivity contribution in [2.24, 2.45) is 5.41 Å². The van der Waals surface area contributed by atoms with Crippen molar-refractivity contribution in [3.63, 3.8) is 0 Å². The molecule has 2 atom stereocenters. The van der Waals surface area contributed by atoms with Crippen LogP contribution in [0.15, 0.2) is 30.5 Å². The number of halogens is 1. The summed E-state index contributed by atoms with van der Waals surface area (Å²) in [4.78, 5) is -0.402. The van der Waals surface area contributed by atoms with Gasteiger partial charge in [0, 0.05) is 24.8 Å². The molecule has 0 radical (unpaired) electrons. The summed E-state index contributed by atoms with van der Waals surface area (Å²) in [6, 6.07) is 6.76. The molecule has 0 aliphatic carbocycles. The summed E-state index contributed by atoms with van der Waals surface area (Å²) in [5.74, 6) is 1.07. The van der Waals surface area contributed by atoms with Crippen LogP contribution in [0.2, 0.25) is 0 Å². The molecule has 0 aliphatic heterocycles. The van der Waals surface area contributed by atoms with Crippen LogP contribution >= 0.6 is 12.6 Å². The highest BCUT2D eigenvalue weighted by Gasteiger charge is 2.30. The zero-order valence-electron chi connectivity index (χ0n) is 18.9. The average molecular weight is 423 g/mol. The lowest BCUT2D eigenvalue weighted by molar-refractivity contribution is 0.0402. The van der Waals surface area contributed by atoms with Crippen molar-refractivity contribution >= 4 is 12.6 Å². The molecule has 2 aromatic rings. The van der Waals surface area contributed by atoms with E-state index in [4.69, 9.17) is 9.47 Å². The third-order valence-corrected chi connectivity index (χ3v) is 5.00. The molecule has 6 heteroatoms. The Morgan fingerprint density at radius 2 is 1.72 bits per heavy atom. The first-order valence-electron chi connectivity index (χ1n) is 10.2. The smallest absolute Gasteiger partial charge is 0.233 e. The quantitative estimate of drug-likeness (QED) is 0.499. The van der Waals surface area contributed by atoms with Gasteiger partial charge in [-0.2, -0.15) is 0 Å². The highest BCUT2D eigenvalue weighted by molar-refractivity contribution is 7.81. The van der Waals surface area contributed by atoms with Gasteiger partial charge in [0.25, 0.3) is 0 Å². The fourth-order valence-corrected chi connectivity index (χ4v) is 3.08. The normalized spacial score (nSPS) is 14.7. The molecule has 0 saturated carbocycles. The lowest BCUT2D eigenvalue weighted by Gasteiger charge is -2.32. The van der Waals surface area contributed by atoms with Crippen LogP contribution in [0.25, 0.3) is 0 Å². The van der Waals surface area contributed by atoms with E-state index >= 15 is 0 Å². The summed E-state index contributed by atoms with van der Waals surface area (Å²) in [7, 11) is 0. The molecule has 29 heavy (non-hydrogen) atoms. The van der Waals surface area contributed by atoms with E-state index in [0.29, 0.717) is 18.1 Å². The number of hydrogen-bond donors (Lipinski definition) is 1. The second-order valence-electron chi connectivity index (χ2n) is 9.60. The van der Waals surface area contributed by atoms with Gasteiger partial charge in [0.1, 0.15) is 17.7 Å². The van der Waals surface area contributed by atoms with E-state index < -0.39 is 4.87 Å². The Morgan fingerprint density at radius 1 is 1.07 bits per heavy atom. The summed E-state index contributed by atoms with van der Waals surface area (Å²) >= 11 is 4.54. The largest absolute Gasteiger partial charge is 0.490 e. The van der Waals surface area contributed by atoms with Gasteiger partial charge in [0.2, 0.25) is 5.88 Å². The summed E-state index contributed by atoms with van der Waals surface area (Å²) in [6.45, 7) is 16.4. The number of hydrogen-bond acceptors (Lipinski definition) is 4. The summed E-state index contributed by atoms with van der Waals surface area (Å²) in [5, 5.41) is 4.50. The fourth-order valence-electron chi connectivity index (χ4n) is 2.97. The minimum Gasteiger partial charge on any atom is -0.490 e. The van der Waals surface area contributed by atoms with Crippen LogP contribution < -0.4 is 9.47 Å². The lowest BCUT2D eigenvalue weighted by atomic mass is 9.86. The van der Waals surface area contributed by atoms with E-state index in [-0.39, 0.29) is 29.4 Å². The first-order chi connectivity index (χ1) is 13.3. The maximum Gasteiger partial charge on any atom is 0.233 e. The van der Waals surface area contributed by atoms with Crippen molar-refractivity contribution in [1.29, 1.82) is 0 Å². The average Bonchev–Trinajstić information content (AvgIpc) is 3.01. The van der Waals surface area contributed by atoms with Gasteiger partial charge >= 0.3 is 0 Å². The van der Waals surface area contributed by atoms with E-state index in [9.17, 15) is 4.39 Å². The zero-order chi connectivity index (χ0) is 22.0. The molecule has 0 saturated heterocycles. The Labute approximate surface area is 180 Å². The van der Waals surface area contributed by atoms with Crippen molar-refractivity contribution in [2.75, 3.05) is 0 Å². The number of aromatic nitrogens is 2. The first kappa shape index (κ1) is 23.6. The van der Waals surface area contributed by atoms with Crippen LogP contribution in [0.3, 0.4) is 0 Å². The van der Waals surface area contributed by atoms with Gasteiger partial charge in [-0.15, -0.1) is 17.7 Å². The van der Waals surface area contributed by atoms with E-state index in [1.807, 2.05) is 52.9 Å². The summed E-state index contributed by atoms with van der Waals surface area (Å²) in [5.41, 5.74) is 0.804. The number of benzene rings is 1.